The van der Waals surface area contributed by atoms with Crippen LogP contribution >= 0.6 is 15.9 Å². The Kier molecular flexibility index (Phi) is 5.00. The molecule has 0 aliphatic rings. The molecule has 0 aliphatic carbocycles. The van der Waals surface area contributed by atoms with Crippen LogP contribution in [0.1, 0.15) is 37.6 Å². The number of rotatable bonds is 5. The third-order valence-corrected chi connectivity index (χ3v) is 3.39. The molecule has 0 bridgehead atoms. The van der Waals surface area contributed by atoms with E-state index in [1.165, 1.54) is 0 Å². The first kappa shape index (κ1) is 13.2. The van der Waals surface area contributed by atoms with Crippen LogP contribution in [0, 0.1) is 0 Å². The fraction of sp³-hybridized carbons (Fsp3) is 0.462. The second kappa shape index (κ2) is 6.04. The first-order valence-electron chi connectivity index (χ1n) is 5.65. The molecular formula is C13H18BrNO. The number of halogens is 1. The van der Waals surface area contributed by atoms with Crippen molar-refractivity contribution in [3.05, 3.63) is 28.2 Å². The van der Waals surface area contributed by atoms with E-state index < -0.39 is 0 Å². The molecule has 0 radical (unpaired) electrons. The molecule has 0 spiro atoms. The fourth-order valence-electron chi connectivity index (χ4n) is 1.81. The molecule has 0 saturated carbocycles. The maximum Gasteiger partial charge on any atom is 0.152 e. The summed E-state index contributed by atoms with van der Waals surface area (Å²) in [5.41, 5.74) is 1.77. The third-order valence-electron chi connectivity index (χ3n) is 2.89. The molecule has 88 valence electrons. The van der Waals surface area contributed by atoms with Crippen molar-refractivity contribution in [1.82, 2.24) is 0 Å². The van der Waals surface area contributed by atoms with Crippen LogP contribution < -0.4 is 4.90 Å². The summed E-state index contributed by atoms with van der Waals surface area (Å²) in [6.45, 7) is 7.36. The van der Waals surface area contributed by atoms with Crippen molar-refractivity contribution >= 4 is 27.9 Å². The molecule has 1 atom stereocenters. The summed E-state index contributed by atoms with van der Waals surface area (Å²) in [5.74, 6) is 0. The summed E-state index contributed by atoms with van der Waals surface area (Å²) in [6.07, 6.45) is 1.99. The van der Waals surface area contributed by atoms with E-state index in [0.29, 0.717) is 6.04 Å². The summed E-state index contributed by atoms with van der Waals surface area (Å²) in [7, 11) is 0. The highest BCUT2D eigenvalue weighted by Crippen LogP contribution is 2.26. The largest absolute Gasteiger partial charge is 0.369 e. The molecule has 0 aromatic heterocycles. The van der Waals surface area contributed by atoms with Crippen LogP contribution in [-0.4, -0.2) is 18.9 Å². The van der Waals surface area contributed by atoms with Crippen molar-refractivity contribution in [3.63, 3.8) is 0 Å². The number of carbonyl (C=O) groups is 1. The summed E-state index contributed by atoms with van der Waals surface area (Å²) in [4.78, 5) is 13.3. The predicted molar refractivity (Wildman–Crippen MR) is 72.3 cm³/mol. The second-order valence-corrected chi connectivity index (χ2v) is 4.78. The van der Waals surface area contributed by atoms with Gasteiger partial charge in [-0.2, -0.15) is 0 Å². The lowest BCUT2D eigenvalue weighted by Crippen LogP contribution is -2.33. The summed E-state index contributed by atoms with van der Waals surface area (Å²) < 4.78 is 1.01. The SMILES string of the molecule is CCC(C)N(CC)c1cc(Br)ccc1C=O. The van der Waals surface area contributed by atoms with Crippen LogP contribution in [0.2, 0.25) is 0 Å². The Labute approximate surface area is 106 Å². The van der Waals surface area contributed by atoms with E-state index in [4.69, 9.17) is 0 Å². The number of carbonyl (C=O) groups excluding carboxylic acids is 1. The van der Waals surface area contributed by atoms with Gasteiger partial charge in [-0.05, 0) is 38.5 Å². The molecule has 0 saturated heterocycles. The molecule has 1 aromatic carbocycles. The molecule has 1 rings (SSSR count). The molecule has 3 heteroatoms. The quantitative estimate of drug-likeness (QED) is 0.765. The summed E-state index contributed by atoms with van der Waals surface area (Å²) in [5, 5.41) is 0. The van der Waals surface area contributed by atoms with Crippen LogP contribution in [0.4, 0.5) is 5.69 Å². The summed E-state index contributed by atoms with van der Waals surface area (Å²) in [6, 6.07) is 6.21. The van der Waals surface area contributed by atoms with Gasteiger partial charge < -0.3 is 4.90 Å². The summed E-state index contributed by atoms with van der Waals surface area (Å²) >= 11 is 3.45. The van der Waals surface area contributed by atoms with Crippen molar-refractivity contribution in [1.29, 1.82) is 0 Å². The average molecular weight is 284 g/mol. The minimum absolute atomic E-state index is 0.443. The van der Waals surface area contributed by atoms with Gasteiger partial charge in [-0.25, -0.2) is 0 Å². The monoisotopic (exact) mass is 283 g/mol. The Balaban J connectivity index is 3.16. The van der Waals surface area contributed by atoms with Crippen LogP contribution in [-0.2, 0) is 0 Å². The topological polar surface area (TPSA) is 20.3 Å². The highest BCUT2D eigenvalue weighted by Gasteiger charge is 2.14. The lowest BCUT2D eigenvalue weighted by Gasteiger charge is -2.30. The van der Waals surface area contributed by atoms with Gasteiger partial charge in [0.1, 0.15) is 0 Å². The van der Waals surface area contributed by atoms with Gasteiger partial charge >= 0.3 is 0 Å². The smallest absolute Gasteiger partial charge is 0.152 e. The lowest BCUT2D eigenvalue weighted by atomic mass is 10.1. The molecular weight excluding hydrogens is 266 g/mol. The molecule has 1 aromatic rings. The standard InChI is InChI=1S/C13H18BrNO/c1-4-10(3)15(5-2)13-8-12(14)7-6-11(13)9-16/h6-10H,4-5H2,1-3H3. The molecule has 16 heavy (non-hydrogen) atoms. The number of nitrogens with zero attached hydrogens (tertiary/aromatic N) is 1. The molecule has 1 unspecified atom stereocenters. The first-order valence-corrected chi connectivity index (χ1v) is 6.44. The van der Waals surface area contributed by atoms with Crippen molar-refractivity contribution in [2.24, 2.45) is 0 Å². The van der Waals surface area contributed by atoms with Gasteiger partial charge in [-0.3, -0.25) is 4.79 Å². The van der Waals surface area contributed by atoms with Crippen molar-refractivity contribution in [2.45, 2.75) is 33.2 Å². The van der Waals surface area contributed by atoms with E-state index in [0.717, 1.165) is 35.0 Å². The van der Waals surface area contributed by atoms with E-state index in [-0.39, 0.29) is 0 Å². The number of hydrogen-bond donors (Lipinski definition) is 0. The second-order valence-electron chi connectivity index (χ2n) is 3.86. The van der Waals surface area contributed by atoms with Gasteiger partial charge in [0.15, 0.2) is 6.29 Å². The normalized spacial score (nSPS) is 12.2. The maximum absolute atomic E-state index is 11.0. The maximum atomic E-state index is 11.0. The van der Waals surface area contributed by atoms with E-state index in [1.807, 2.05) is 18.2 Å². The zero-order chi connectivity index (χ0) is 12.1. The van der Waals surface area contributed by atoms with Gasteiger partial charge in [-0.1, -0.05) is 22.9 Å². The Morgan fingerprint density at radius 3 is 2.62 bits per heavy atom. The minimum Gasteiger partial charge on any atom is -0.369 e. The van der Waals surface area contributed by atoms with Gasteiger partial charge in [0.2, 0.25) is 0 Å². The molecule has 0 fully saturated rings. The zero-order valence-electron chi connectivity index (χ0n) is 10.0. The van der Waals surface area contributed by atoms with Crippen LogP contribution in [0.25, 0.3) is 0 Å². The van der Waals surface area contributed by atoms with E-state index in [9.17, 15) is 4.79 Å². The van der Waals surface area contributed by atoms with Gasteiger partial charge in [0, 0.05) is 28.3 Å². The Hall–Kier alpha value is -0.830. The average Bonchev–Trinajstić information content (AvgIpc) is 2.30. The Morgan fingerprint density at radius 2 is 2.12 bits per heavy atom. The van der Waals surface area contributed by atoms with Crippen LogP contribution in [0.5, 0.6) is 0 Å². The Bertz CT molecular complexity index is 365. The predicted octanol–water partition coefficient (Wildman–Crippen LogP) is 3.89. The van der Waals surface area contributed by atoms with Gasteiger partial charge in [0.05, 0.1) is 0 Å². The van der Waals surface area contributed by atoms with Crippen molar-refractivity contribution < 1.29 is 4.79 Å². The van der Waals surface area contributed by atoms with Crippen LogP contribution in [0.15, 0.2) is 22.7 Å². The van der Waals surface area contributed by atoms with Crippen molar-refractivity contribution in [3.8, 4) is 0 Å². The van der Waals surface area contributed by atoms with Crippen molar-refractivity contribution in [2.75, 3.05) is 11.4 Å². The van der Waals surface area contributed by atoms with Crippen LogP contribution in [0.3, 0.4) is 0 Å². The van der Waals surface area contributed by atoms with Gasteiger partial charge in [-0.15, -0.1) is 0 Å². The van der Waals surface area contributed by atoms with E-state index >= 15 is 0 Å². The molecule has 0 heterocycles. The number of aldehydes is 1. The van der Waals surface area contributed by atoms with Gasteiger partial charge in [0.25, 0.3) is 0 Å². The van der Waals surface area contributed by atoms with E-state index in [1.54, 1.807) is 0 Å². The number of anilines is 1. The third kappa shape index (κ3) is 2.85. The number of benzene rings is 1. The Morgan fingerprint density at radius 1 is 1.44 bits per heavy atom. The minimum atomic E-state index is 0.443. The first-order chi connectivity index (χ1) is 7.63. The molecule has 0 N–H and O–H groups in total. The zero-order valence-corrected chi connectivity index (χ0v) is 11.6. The molecule has 2 nitrogen and oxygen atoms in total. The highest BCUT2D eigenvalue weighted by atomic mass is 79.9. The highest BCUT2D eigenvalue weighted by molar-refractivity contribution is 9.10. The fourth-order valence-corrected chi connectivity index (χ4v) is 2.15. The number of hydrogen-bond acceptors (Lipinski definition) is 2. The molecule has 0 aliphatic heterocycles. The van der Waals surface area contributed by atoms with E-state index in [2.05, 4.69) is 41.6 Å². The lowest BCUT2D eigenvalue weighted by molar-refractivity contribution is 0.112. The molecule has 0 amide bonds.